The highest BCUT2D eigenvalue weighted by molar-refractivity contribution is 7.92. The predicted octanol–water partition coefficient (Wildman–Crippen LogP) is 3.67. The third-order valence-electron chi connectivity index (χ3n) is 6.67. The highest BCUT2D eigenvalue weighted by Crippen LogP contribution is 2.43. The van der Waals surface area contributed by atoms with E-state index in [0.717, 1.165) is 5.39 Å². The van der Waals surface area contributed by atoms with Crippen molar-refractivity contribution in [3.8, 4) is 0 Å². The molecule has 1 N–H and O–H groups in total. The van der Waals surface area contributed by atoms with Crippen LogP contribution in [0.3, 0.4) is 0 Å². The number of rotatable bonds is 5. The number of aromatic amines is 1. The molecular weight excluding hydrogens is 503 g/mol. The second kappa shape index (κ2) is 8.41. The number of amides is 1. The van der Waals surface area contributed by atoms with Gasteiger partial charge in [-0.1, -0.05) is 23.2 Å². The molecule has 0 radical (unpaired) electrons. The molecule has 34 heavy (non-hydrogen) atoms. The number of furan rings is 1. The summed E-state index contributed by atoms with van der Waals surface area (Å²) >= 11 is 13.3. The highest BCUT2D eigenvalue weighted by atomic mass is 35.5. The van der Waals surface area contributed by atoms with Gasteiger partial charge in [0.05, 0.1) is 46.6 Å². The van der Waals surface area contributed by atoms with Crippen molar-refractivity contribution in [2.75, 3.05) is 25.2 Å². The fourth-order valence-corrected chi connectivity index (χ4v) is 7.18. The first-order chi connectivity index (χ1) is 16.1. The van der Waals surface area contributed by atoms with Gasteiger partial charge in [-0.05, 0) is 31.0 Å². The third kappa shape index (κ3) is 3.75. The Labute approximate surface area is 205 Å². The lowest BCUT2D eigenvalue weighted by molar-refractivity contribution is 0.0612. The van der Waals surface area contributed by atoms with E-state index >= 15 is 0 Å². The summed E-state index contributed by atoms with van der Waals surface area (Å²) in [7, 11) is -1.60. The van der Waals surface area contributed by atoms with Gasteiger partial charge >= 0.3 is 0 Å². The maximum Gasteiger partial charge on any atom is 0.256 e. The van der Waals surface area contributed by atoms with Crippen LogP contribution in [0.25, 0.3) is 11.0 Å². The monoisotopic (exact) mass is 524 g/mol. The van der Waals surface area contributed by atoms with E-state index in [2.05, 4.69) is 4.98 Å². The molecule has 0 unspecified atom stereocenters. The molecule has 0 spiro atoms. The average Bonchev–Trinajstić information content (AvgIpc) is 3.25. The Morgan fingerprint density at radius 2 is 2.03 bits per heavy atom. The van der Waals surface area contributed by atoms with Gasteiger partial charge in [0.25, 0.3) is 11.5 Å². The van der Waals surface area contributed by atoms with Crippen LogP contribution < -0.4 is 5.56 Å². The van der Waals surface area contributed by atoms with Crippen LogP contribution in [0.1, 0.15) is 38.8 Å². The number of halogens is 2. The van der Waals surface area contributed by atoms with Crippen LogP contribution in [0.2, 0.25) is 10.0 Å². The van der Waals surface area contributed by atoms with E-state index in [1.165, 1.54) is 13.4 Å². The van der Waals surface area contributed by atoms with Gasteiger partial charge in [-0.3, -0.25) is 9.59 Å². The number of aryl methyl sites for hydroxylation is 1. The van der Waals surface area contributed by atoms with Crippen molar-refractivity contribution >= 4 is 49.9 Å². The lowest BCUT2D eigenvalue weighted by Crippen LogP contribution is -2.41. The normalized spacial score (nSPS) is 18.7. The van der Waals surface area contributed by atoms with Gasteiger partial charge in [-0.15, -0.1) is 0 Å². The molecule has 5 rings (SSSR count). The zero-order valence-electron chi connectivity index (χ0n) is 18.5. The Morgan fingerprint density at radius 1 is 1.29 bits per heavy atom. The molecule has 1 fully saturated rings. The van der Waals surface area contributed by atoms with E-state index in [0.29, 0.717) is 46.0 Å². The molecule has 1 aromatic carbocycles. The number of carbonyl (C=O) groups is 1. The Hall–Kier alpha value is -2.33. The van der Waals surface area contributed by atoms with E-state index in [9.17, 15) is 18.0 Å². The van der Waals surface area contributed by atoms with Crippen molar-refractivity contribution in [3.05, 3.63) is 66.7 Å². The molecule has 4 heterocycles. The van der Waals surface area contributed by atoms with Crippen LogP contribution in [0, 0.1) is 12.8 Å². The zero-order valence-corrected chi connectivity index (χ0v) is 20.8. The van der Waals surface area contributed by atoms with Gasteiger partial charge in [0.15, 0.2) is 9.84 Å². The minimum absolute atomic E-state index is 0.00798. The lowest BCUT2D eigenvalue weighted by atomic mass is 9.90. The molecule has 0 bridgehead atoms. The highest BCUT2D eigenvalue weighted by Gasteiger charge is 2.42. The molecule has 3 aromatic rings. The third-order valence-corrected chi connectivity index (χ3v) is 9.29. The minimum atomic E-state index is -3.08. The van der Waals surface area contributed by atoms with Crippen LogP contribution >= 0.6 is 23.2 Å². The standard InChI is InChI=1S/C23H22Cl2N2O6S/c1-11-13-4-6-33-21(13)16(22(28)26-11)8-27-5-3-14-17(24)7-15(19(25)18(14)23(27)29)20(32-2)12-9-34(30,31)10-12/h4,6-7,12,20H,3,5,8-10H2,1-2H3,(H,26,28)/t20-/m1/s1. The molecule has 2 aromatic heterocycles. The first kappa shape index (κ1) is 23.4. The molecule has 0 saturated carbocycles. The number of nitrogens with one attached hydrogen (secondary N) is 1. The van der Waals surface area contributed by atoms with Crippen molar-refractivity contribution in [3.63, 3.8) is 0 Å². The molecule has 2 aliphatic heterocycles. The summed E-state index contributed by atoms with van der Waals surface area (Å²) in [4.78, 5) is 30.6. The van der Waals surface area contributed by atoms with Crippen molar-refractivity contribution in [2.45, 2.75) is 26.0 Å². The molecule has 1 saturated heterocycles. The number of carbonyl (C=O) groups excluding carboxylic acids is 1. The molecular formula is C23H22Cl2N2O6S. The molecule has 2 aliphatic rings. The van der Waals surface area contributed by atoms with Gasteiger partial charge in [0.1, 0.15) is 5.58 Å². The minimum Gasteiger partial charge on any atom is -0.464 e. The summed E-state index contributed by atoms with van der Waals surface area (Å²) in [6, 6.07) is 3.44. The van der Waals surface area contributed by atoms with Crippen LogP contribution in [0.5, 0.6) is 0 Å². The number of hydrogen-bond donors (Lipinski definition) is 1. The van der Waals surface area contributed by atoms with E-state index in [4.69, 9.17) is 32.4 Å². The molecule has 180 valence electrons. The van der Waals surface area contributed by atoms with Gasteiger partial charge in [0.2, 0.25) is 0 Å². The quantitative estimate of drug-likeness (QED) is 0.545. The predicted molar refractivity (Wildman–Crippen MR) is 128 cm³/mol. The summed E-state index contributed by atoms with van der Waals surface area (Å²) < 4.78 is 34.6. The van der Waals surface area contributed by atoms with Gasteiger partial charge in [0, 0.05) is 41.2 Å². The second-order valence-electron chi connectivity index (χ2n) is 8.81. The molecule has 8 nitrogen and oxygen atoms in total. The maximum absolute atomic E-state index is 13.6. The molecule has 1 amide bonds. The molecule has 1 atom stereocenters. The summed E-state index contributed by atoms with van der Waals surface area (Å²) in [5, 5.41) is 1.36. The van der Waals surface area contributed by atoms with Crippen LogP contribution in [-0.4, -0.2) is 49.4 Å². The second-order valence-corrected chi connectivity index (χ2v) is 11.7. The first-order valence-corrected chi connectivity index (χ1v) is 13.3. The molecule has 0 aliphatic carbocycles. The van der Waals surface area contributed by atoms with E-state index in [-0.39, 0.29) is 46.0 Å². The lowest BCUT2D eigenvalue weighted by Gasteiger charge is -2.35. The topological polar surface area (TPSA) is 110 Å². The van der Waals surface area contributed by atoms with Crippen LogP contribution in [-0.2, 0) is 27.5 Å². The number of ether oxygens (including phenoxy) is 1. The number of fused-ring (bicyclic) bond motifs is 2. The average molecular weight is 525 g/mol. The van der Waals surface area contributed by atoms with Crippen LogP contribution in [0.15, 0.2) is 27.6 Å². The SMILES string of the molecule is CO[C@@H](c1cc(Cl)c2c(c1Cl)C(=O)N(Cc1c(=O)[nH]c(C)c3ccoc13)CC2)C1CS(=O)(=O)C1. The van der Waals surface area contributed by atoms with Crippen LogP contribution in [0.4, 0.5) is 0 Å². The smallest absolute Gasteiger partial charge is 0.256 e. The summed E-state index contributed by atoms with van der Waals surface area (Å²) in [6.07, 6.45) is 1.36. The Balaban J connectivity index is 1.52. The number of nitrogens with zero attached hydrogens (tertiary/aromatic N) is 1. The van der Waals surface area contributed by atoms with E-state index in [1.54, 1.807) is 24.0 Å². The number of aromatic nitrogens is 1. The van der Waals surface area contributed by atoms with E-state index in [1.807, 2.05) is 0 Å². The van der Waals surface area contributed by atoms with Crippen molar-refractivity contribution in [1.29, 1.82) is 0 Å². The van der Waals surface area contributed by atoms with Gasteiger partial charge < -0.3 is 19.0 Å². The summed E-state index contributed by atoms with van der Waals surface area (Å²) in [5.74, 6) is -0.640. The fourth-order valence-electron chi connectivity index (χ4n) is 4.96. The van der Waals surface area contributed by atoms with Crippen molar-refractivity contribution in [1.82, 2.24) is 9.88 Å². The number of benzene rings is 1. The molecule has 11 heteroatoms. The number of H-pyrrole nitrogens is 1. The fraction of sp³-hybridized carbons (Fsp3) is 0.391. The Bertz CT molecular complexity index is 1480. The largest absolute Gasteiger partial charge is 0.464 e. The van der Waals surface area contributed by atoms with Crippen molar-refractivity contribution < 1.29 is 22.4 Å². The number of methoxy groups -OCH3 is 1. The summed E-state index contributed by atoms with van der Waals surface area (Å²) in [5.41, 5.74) is 2.56. The van der Waals surface area contributed by atoms with Crippen molar-refractivity contribution in [2.24, 2.45) is 5.92 Å². The Kier molecular flexibility index (Phi) is 5.79. The maximum atomic E-state index is 13.6. The number of pyridine rings is 1. The Morgan fingerprint density at radius 3 is 2.71 bits per heavy atom. The number of hydrogen-bond acceptors (Lipinski definition) is 6. The first-order valence-electron chi connectivity index (χ1n) is 10.7. The van der Waals surface area contributed by atoms with E-state index < -0.39 is 15.9 Å². The zero-order chi connectivity index (χ0) is 24.4. The summed E-state index contributed by atoms with van der Waals surface area (Å²) in [6.45, 7) is 2.18. The van der Waals surface area contributed by atoms with Gasteiger partial charge in [-0.25, -0.2) is 8.42 Å². The number of sulfone groups is 1. The van der Waals surface area contributed by atoms with Gasteiger partial charge in [-0.2, -0.15) is 0 Å².